The van der Waals surface area contributed by atoms with Crippen molar-refractivity contribution < 1.29 is 4.79 Å². The first-order valence-electron chi connectivity index (χ1n) is 4.75. The topological polar surface area (TPSA) is 77.0 Å². The lowest BCUT2D eigenvalue weighted by Gasteiger charge is -2.27. The zero-order valence-electron chi connectivity index (χ0n) is 7.89. The van der Waals surface area contributed by atoms with Gasteiger partial charge in [0.15, 0.2) is 5.69 Å². The third-order valence-corrected chi connectivity index (χ3v) is 2.36. The number of hydrogen-bond donors (Lipinski definition) is 1. The van der Waals surface area contributed by atoms with Gasteiger partial charge in [-0.05, 0) is 24.5 Å². The van der Waals surface area contributed by atoms with Crippen molar-refractivity contribution in [3.05, 3.63) is 11.9 Å². The van der Waals surface area contributed by atoms with E-state index in [9.17, 15) is 4.79 Å². The Labute approximate surface area is 81.6 Å². The standard InChI is InChI=1S/C8H13N5O/c9-8(14)7-6-13(11-10-7)12-4-2-1-3-5-12/h6H,1-5H2,(H2,9,14). The monoisotopic (exact) mass is 195 g/mol. The maximum Gasteiger partial charge on any atom is 0.270 e. The van der Waals surface area contributed by atoms with Crippen molar-refractivity contribution in [1.29, 1.82) is 0 Å². The number of hydrogen-bond acceptors (Lipinski definition) is 4. The summed E-state index contributed by atoms with van der Waals surface area (Å²) < 4.78 is 0. The summed E-state index contributed by atoms with van der Waals surface area (Å²) in [5, 5.41) is 9.60. The minimum atomic E-state index is -0.534. The lowest BCUT2D eigenvalue weighted by molar-refractivity contribution is 0.0995. The number of amides is 1. The molecule has 0 bridgehead atoms. The first-order chi connectivity index (χ1) is 6.77. The normalized spacial score (nSPS) is 17.0. The number of aromatic nitrogens is 3. The number of rotatable bonds is 2. The van der Waals surface area contributed by atoms with E-state index in [4.69, 9.17) is 5.73 Å². The molecule has 1 fully saturated rings. The molecular formula is C8H13N5O. The fraction of sp³-hybridized carbons (Fsp3) is 0.625. The number of nitrogens with zero attached hydrogens (tertiary/aromatic N) is 4. The van der Waals surface area contributed by atoms with Gasteiger partial charge in [-0.2, -0.15) is 4.79 Å². The Morgan fingerprint density at radius 3 is 2.64 bits per heavy atom. The molecule has 1 amide bonds. The van der Waals surface area contributed by atoms with Crippen LogP contribution in [0.15, 0.2) is 6.20 Å². The molecule has 0 atom stereocenters. The predicted octanol–water partition coefficient (Wildman–Crippen LogP) is -0.501. The highest BCUT2D eigenvalue weighted by atomic mass is 16.1. The molecule has 1 saturated heterocycles. The quantitative estimate of drug-likeness (QED) is 0.690. The van der Waals surface area contributed by atoms with E-state index in [-0.39, 0.29) is 5.69 Å². The summed E-state index contributed by atoms with van der Waals surface area (Å²) in [5.74, 6) is -0.534. The van der Waals surface area contributed by atoms with Gasteiger partial charge in [-0.15, -0.1) is 5.10 Å². The van der Waals surface area contributed by atoms with E-state index in [1.807, 2.05) is 0 Å². The van der Waals surface area contributed by atoms with E-state index in [1.54, 1.807) is 11.0 Å². The summed E-state index contributed by atoms with van der Waals surface area (Å²) in [5.41, 5.74) is 5.30. The predicted molar refractivity (Wildman–Crippen MR) is 50.3 cm³/mol. The molecule has 2 rings (SSSR count). The molecule has 0 unspecified atom stereocenters. The third-order valence-electron chi connectivity index (χ3n) is 2.36. The van der Waals surface area contributed by atoms with Gasteiger partial charge in [-0.3, -0.25) is 9.80 Å². The van der Waals surface area contributed by atoms with Crippen LogP contribution in [0.5, 0.6) is 0 Å². The summed E-state index contributed by atoms with van der Waals surface area (Å²) in [6.07, 6.45) is 5.15. The van der Waals surface area contributed by atoms with Crippen molar-refractivity contribution in [1.82, 2.24) is 15.1 Å². The highest BCUT2D eigenvalue weighted by Gasteiger charge is 2.13. The highest BCUT2D eigenvalue weighted by Crippen LogP contribution is 2.07. The molecule has 1 aliphatic heterocycles. The molecule has 2 heterocycles. The fourth-order valence-electron chi connectivity index (χ4n) is 1.59. The van der Waals surface area contributed by atoms with E-state index in [0.717, 1.165) is 25.9 Å². The van der Waals surface area contributed by atoms with Crippen molar-refractivity contribution in [2.24, 2.45) is 5.73 Å². The van der Waals surface area contributed by atoms with Gasteiger partial charge < -0.3 is 5.73 Å². The van der Waals surface area contributed by atoms with Crippen LogP contribution in [-0.2, 0) is 0 Å². The Hall–Kier alpha value is -1.59. The van der Waals surface area contributed by atoms with Crippen molar-refractivity contribution >= 4 is 5.91 Å². The van der Waals surface area contributed by atoms with Crippen molar-refractivity contribution in [3.63, 3.8) is 0 Å². The van der Waals surface area contributed by atoms with E-state index >= 15 is 0 Å². The molecule has 76 valence electrons. The van der Waals surface area contributed by atoms with Crippen LogP contribution < -0.4 is 10.7 Å². The van der Waals surface area contributed by atoms with Crippen LogP contribution in [-0.4, -0.2) is 34.1 Å². The van der Waals surface area contributed by atoms with Crippen molar-refractivity contribution in [2.75, 3.05) is 18.1 Å². The Kier molecular flexibility index (Phi) is 2.34. The van der Waals surface area contributed by atoms with E-state index in [1.165, 1.54) is 6.42 Å². The molecule has 6 heteroatoms. The van der Waals surface area contributed by atoms with Crippen molar-refractivity contribution in [3.8, 4) is 0 Å². The summed E-state index contributed by atoms with van der Waals surface area (Å²) >= 11 is 0. The summed E-state index contributed by atoms with van der Waals surface area (Å²) in [4.78, 5) is 12.4. The summed E-state index contributed by atoms with van der Waals surface area (Å²) in [6.45, 7) is 1.92. The first kappa shape index (κ1) is 8.98. The number of primary amides is 1. The molecule has 0 saturated carbocycles. The number of nitrogens with two attached hydrogens (primary N) is 1. The van der Waals surface area contributed by atoms with Crippen LogP contribution in [0, 0.1) is 0 Å². The molecule has 1 aromatic rings. The molecule has 2 N–H and O–H groups in total. The van der Waals surface area contributed by atoms with Gasteiger partial charge in [0, 0.05) is 13.1 Å². The molecule has 0 radical (unpaired) electrons. The Balaban J connectivity index is 2.11. The van der Waals surface area contributed by atoms with Crippen LogP contribution in [0.4, 0.5) is 0 Å². The number of carbonyl (C=O) groups is 1. The van der Waals surface area contributed by atoms with Crippen LogP contribution >= 0.6 is 0 Å². The Bertz CT molecular complexity index is 328. The summed E-state index contributed by atoms with van der Waals surface area (Å²) in [7, 11) is 0. The average molecular weight is 195 g/mol. The van der Waals surface area contributed by atoms with Crippen LogP contribution in [0.25, 0.3) is 0 Å². The highest BCUT2D eigenvalue weighted by molar-refractivity contribution is 5.90. The van der Waals surface area contributed by atoms with Gasteiger partial charge in [0.2, 0.25) is 0 Å². The zero-order valence-corrected chi connectivity index (χ0v) is 7.89. The van der Waals surface area contributed by atoms with Gasteiger partial charge in [-0.25, -0.2) is 0 Å². The fourth-order valence-corrected chi connectivity index (χ4v) is 1.59. The van der Waals surface area contributed by atoms with Crippen LogP contribution in [0.3, 0.4) is 0 Å². The molecular weight excluding hydrogens is 182 g/mol. The largest absolute Gasteiger partial charge is 0.364 e. The van der Waals surface area contributed by atoms with Gasteiger partial charge in [0.05, 0.1) is 6.20 Å². The summed E-state index contributed by atoms with van der Waals surface area (Å²) in [6, 6.07) is 0. The van der Waals surface area contributed by atoms with Crippen molar-refractivity contribution in [2.45, 2.75) is 19.3 Å². The molecule has 1 aliphatic rings. The second-order valence-corrected chi connectivity index (χ2v) is 3.40. The maximum absolute atomic E-state index is 10.8. The molecule has 0 aliphatic carbocycles. The van der Waals surface area contributed by atoms with E-state index in [0.29, 0.717) is 0 Å². The van der Waals surface area contributed by atoms with Crippen LogP contribution in [0.1, 0.15) is 29.8 Å². The smallest absolute Gasteiger partial charge is 0.270 e. The molecule has 0 aromatic carbocycles. The number of carbonyl (C=O) groups excluding carboxylic acids is 1. The SMILES string of the molecule is NC(=O)c1cn(N2CCCCC2)nn1. The van der Waals surface area contributed by atoms with E-state index < -0.39 is 5.91 Å². The number of piperidine rings is 1. The average Bonchev–Trinajstić information content (AvgIpc) is 2.68. The van der Waals surface area contributed by atoms with Gasteiger partial charge in [-0.1, -0.05) is 0 Å². The molecule has 1 aromatic heterocycles. The van der Waals surface area contributed by atoms with Gasteiger partial charge in [0.25, 0.3) is 5.91 Å². The van der Waals surface area contributed by atoms with Gasteiger partial charge in [0.1, 0.15) is 0 Å². The Morgan fingerprint density at radius 2 is 2.07 bits per heavy atom. The minimum Gasteiger partial charge on any atom is -0.364 e. The second-order valence-electron chi connectivity index (χ2n) is 3.40. The second kappa shape index (κ2) is 3.65. The molecule has 0 spiro atoms. The zero-order chi connectivity index (χ0) is 9.97. The Morgan fingerprint density at radius 1 is 1.36 bits per heavy atom. The molecule has 14 heavy (non-hydrogen) atoms. The lowest BCUT2D eigenvalue weighted by atomic mass is 10.2. The molecule has 6 nitrogen and oxygen atoms in total. The maximum atomic E-state index is 10.8. The van der Waals surface area contributed by atoms with Crippen LogP contribution in [0.2, 0.25) is 0 Å². The third kappa shape index (κ3) is 1.68. The minimum absolute atomic E-state index is 0.218. The van der Waals surface area contributed by atoms with Gasteiger partial charge >= 0.3 is 0 Å². The first-order valence-corrected chi connectivity index (χ1v) is 4.75. The van der Waals surface area contributed by atoms with E-state index in [2.05, 4.69) is 15.3 Å². The lowest BCUT2D eigenvalue weighted by Crippen LogP contribution is -2.39.